The van der Waals surface area contributed by atoms with Gasteiger partial charge in [-0.1, -0.05) is 60.8 Å². The lowest BCUT2D eigenvalue weighted by molar-refractivity contribution is -0.137. The molecule has 3 aromatic rings. The maximum atomic E-state index is 14.0. The van der Waals surface area contributed by atoms with Crippen LogP contribution in [0.4, 0.5) is 17.6 Å². The lowest BCUT2D eigenvalue weighted by atomic mass is 9.99. The van der Waals surface area contributed by atoms with Crippen LogP contribution < -0.4 is 5.32 Å². The molecule has 1 aromatic heterocycles. The fourth-order valence-electron chi connectivity index (χ4n) is 4.39. The van der Waals surface area contributed by atoms with Crippen LogP contribution in [0.2, 0.25) is 5.02 Å². The molecule has 2 heterocycles. The standard InChI is InChI=1S/C22H26ClF4N3.C7H8.C2H2/c1-15(14-30-7-3-2-4-8-30)12-29-21(20-6-5-18(23)13-28-20)16-9-17(22(25,26)27)11-19(24)10-16;1-7-5-3-2-4-6-7;1-2/h5-6,9-11,13,15,21,29H,2-4,7-8,12,14H2,1H3;2-6H,1H3;1-2H/t15?,21-;;/m0../s1. The molecule has 4 rings (SSSR count). The number of pyridine rings is 1. The van der Waals surface area contributed by atoms with E-state index in [0.717, 1.165) is 31.8 Å². The Morgan fingerprint density at radius 2 is 1.67 bits per heavy atom. The first-order valence-electron chi connectivity index (χ1n) is 12.9. The van der Waals surface area contributed by atoms with Crippen molar-refractivity contribution < 1.29 is 17.6 Å². The van der Waals surface area contributed by atoms with E-state index < -0.39 is 23.6 Å². The third-order valence-electron chi connectivity index (χ3n) is 6.26. The summed E-state index contributed by atoms with van der Waals surface area (Å²) in [6, 6.07) is 15.5. The summed E-state index contributed by atoms with van der Waals surface area (Å²) >= 11 is 5.91. The quantitative estimate of drug-likeness (QED) is 0.234. The first-order valence-corrected chi connectivity index (χ1v) is 13.3. The Bertz CT molecular complexity index is 1130. The Morgan fingerprint density at radius 1 is 1.00 bits per heavy atom. The van der Waals surface area contributed by atoms with Gasteiger partial charge in [-0.05, 0) is 81.2 Å². The molecule has 8 heteroatoms. The zero-order valence-electron chi connectivity index (χ0n) is 22.4. The van der Waals surface area contributed by atoms with Gasteiger partial charge in [0, 0.05) is 12.7 Å². The summed E-state index contributed by atoms with van der Waals surface area (Å²) in [5, 5.41) is 3.72. The van der Waals surface area contributed by atoms with Crippen LogP contribution in [0.1, 0.15) is 54.6 Å². The molecule has 1 N–H and O–H groups in total. The van der Waals surface area contributed by atoms with Crippen LogP contribution in [0.15, 0.2) is 66.9 Å². The summed E-state index contributed by atoms with van der Waals surface area (Å²) in [4.78, 5) is 6.67. The van der Waals surface area contributed by atoms with Gasteiger partial charge in [-0.15, -0.1) is 12.8 Å². The van der Waals surface area contributed by atoms with E-state index in [9.17, 15) is 17.6 Å². The van der Waals surface area contributed by atoms with E-state index in [1.54, 1.807) is 12.1 Å². The minimum atomic E-state index is -4.63. The molecule has 1 unspecified atom stereocenters. The predicted molar refractivity (Wildman–Crippen MR) is 151 cm³/mol. The second-order valence-corrected chi connectivity index (χ2v) is 10.1. The van der Waals surface area contributed by atoms with Crippen molar-refractivity contribution in [2.24, 2.45) is 5.92 Å². The average molecular weight is 562 g/mol. The summed E-state index contributed by atoms with van der Waals surface area (Å²) < 4.78 is 53.7. The lowest BCUT2D eigenvalue weighted by Crippen LogP contribution is -2.37. The van der Waals surface area contributed by atoms with Crippen molar-refractivity contribution in [1.29, 1.82) is 0 Å². The molecule has 2 atom stereocenters. The maximum absolute atomic E-state index is 14.0. The summed E-state index contributed by atoms with van der Waals surface area (Å²) in [6.07, 6.45) is 8.46. The second kappa shape index (κ2) is 16.2. The molecule has 0 bridgehead atoms. The number of piperidine rings is 1. The number of terminal acetylenes is 1. The van der Waals surface area contributed by atoms with E-state index in [1.807, 2.05) is 18.2 Å². The number of halogens is 5. The zero-order chi connectivity index (χ0) is 28.8. The van der Waals surface area contributed by atoms with E-state index in [2.05, 4.69) is 54.0 Å². The third-order valence-corrected chi connectivity index (χ3v) is 6.48. The van der Waals surface area contributed by atoms with Gasteiger partial charge in [-0.3, -0.25) is 4.98 Å². The van der Waals surface area contributed by atoms with Gasteiger partial charge in [0.05, 0.1) is 22.3 Å². The Kier molecular flexibility index (Phi) is 13.5. The minimum Gasteiger partial charge on any atom is -0.305 e. The van der Waals surface area contributed by atoms with Crippen LogP contribution in [0.3, 0.4) is 0 Å². The molecule has 39 heavy (non-hydrogen) atoms. The molecule has 1 fully saturated rings. The largest absolute Gasteiger partial charge is 0.416 e. The fraction of sp³-hybridized carbons (Fsp3) is 0.387. The molecule has 2 aromatic carbocycles. The highest BCUT2D eigenvalue weighted by atomic mass is 35.5. The molecule has 0 saturated carbocycles. The van der Waals surface area contributed by atoms with Crippen LogP contribution >= 0.6 is 11.6 Å². The number of hydrogen-bond acceptors (Lipinski definition) is 3. The summed E-state index contributed by atoms with van der Waals surface area (Å²) in [5.41, 5.74) is 0.979. The van der Waals surface area contributed by atoms with Crippen LogP contribution in [-0.2, 0) is 6.18 Å². The Hall–Kier alpha value is -2.92. The van der Waals surface area contributed by atoms with Crippen LogP contribution in [0.25, 0.3) is 0 Å². The minimum absolute atomic E-state index is 0.183. The van der Waals surface area contributed by atoms with Crippen molar-refractivity contribution >= 4 is 11.6 Å². The fourth-order valence-corrected chi connectivity index (χ4v) is 4.51. The third kappa shape index (κ3) is 11.4. The monoisotopic (exact) mass is 561 g/mol. The number of benzene rings is 2. The number of alkyl halides is 3. The summed E-state index contributed by atoms with van der Waals surface area (Å²) in [6.45, 7) is 7.80. The van der Waals surface area contributed by atoms with Crippen LogP contribution in [0.5, 0.6) is 0 Å². The molecule has 0 amide bonds. The van der Waals surface area contributed by atoms with Crippen molar-refractivity contribution in [1.82, 2.24) is 15.2 Å². The van der Waals surface area contributed by atoms with E-state index in [4.69, 9.17) is 11.6 Å². The van der Waals surface area contributed by atoms with Gasteiger partial charge in [0.25, 0.3) is 0 Å². The normalized spacial score (nSPS) is 15.2. The molecule has 0 spiro atoms. The van der Waals surface area contributed by atoms with E-state index >= 15 is 0 Å². The number of hydrogen-bond donors (Lipinski definition) is 1. The van der Waals surface area contributed by atoms with Gasteiger partial charge >= 0.3 is 6.18 Å². The van der Waals surface area contributed by atoms with E-state index in [-0.39, 0.29) is 11.5 Å². The van der Waals surface area contributed by atoms with Gasteiger partial charge in [0.15, 0.2) is 0 Å². The van der Waals surface area contributed by atoms with Crippen molar-refractivity contribution in [3.63, 3.8) is 0 Å². The summed E-state index contributed by atoms with van der Waals surface area (Å²) in [7, 11) is 0. The van der Waals surface area contributed by atoms with Gasteiger partial charge in [-0.2, -0.15) is 13.2 Å². The highest BCUT2D eigenvalue weighted by molar-refractivity contribution is 6.30. The Morgan fingerprint density at radius 3 is 2.21 bits per heavy atom. The number of rotatable bonds is 7. The molecule has 0 radical (unpaired) electrons. The number of aryl methyl sites for hydroxylation is 1. The van der Waals surface area contributed by atoms with Gasteiger partial charge in [-0.25, -0.2) is 4.39 Å². The topological polar surface area (TPSA) is 28.2 Å². The molecule has 210 valence electrons. The SMILES string of the molecule is C#C.CC(CN[C@@H](c1cc(F)cc(C(F)(F)F)c1)c1ccc(Cl)cn1)CN1CCCCC1.Cc1ccccc1. The highest BCUT2D eigenvalue weighted by Crippen LogP contribution is 2.33. The maximum Gasteiger partial charge on any atom is 0.416 e. The number of nitrogens with zero attached hydrogens (tertiary/aromatic N) is 2. The molecule has 0 aliphatic carbocycles. The van der Waals surface area contributed by atoms with Gasteiger partial charge in [0.1, 0.15) is 5.82 Å². The molecule has 1 saturated heterocycles. The molecular formula is C31H36ClF4N3. The van der Waals surface area contributed by atoms with Crippen molar-refractivity contribution in [2.45, 2.75) is 45.3 Å². The smallest absolute Gasteiger partial charge is 0.305 e. The highest BCUT2D eigenvalue weighted by Gasteiger charge is 2.32. The van der Waals surface area contributed by atoms with Crippen molar-refractivity contribution in [3.8, 4) is 12.8 Å². The molecule has 1 aliphatic rings. The first kappa shape index (κ1) is 32.3. The molecular weight excluding hydrogens is 526 g/mol. The Balaban J connectivity index is 0.000000507. The number of nitrogens with one attached hydrogen (secondary N) is 1. The predicted octanol–water partition coefficient (Wildman–Crippen LogP) is 7.94. The molecule has 3 nitrogen and oxygen atoms in total. The van der Waals surface area contributed by atoms with Gasteiger partial charge in [0.2, 0.25) is 0 Å². The number of likely N-dealkylation sites (tertiary alicyclic amines) is 1. The second-order valence-electron chi connectivity index (χ2n) is 9.63. The van der Waals surface area contributed by atoms with E-state index in [1.165, 1.54) is 31.0 Å². The lowest BCUT2D eigenvalue weighted by Gasteiger charge is -2.30. The van der Waals surface area contributed by atoms with Crippen LogP contribution in [0, 0.1) is 31.5 Å². The van der Waals surface area contributed by atoms with Crippen molar-refractivity contribution in [3.05, 3.63) is 100 Å². The zero-order valence-corrected chi connectivity index (χ0v) is 23.2. The van der Waals surface area contributed by atoms with Gasteiger partial charge < -0.3 is 10.2 Å². The summed E-state index contributed by atoms with van der Waals surface area (Å²) in [5.74, 6) is -0.657. The first-order chi connectivity index (χ1) is 18.6. The Labute approximate surface area is 234 Å². The average Bonchev–Trinajstić information content (AvgIpc) is 2.91. The van der Waals surface area contributed by atoms with E-state index in [0.29, 0.717) is 23.3 Å². The molecule has 1 aliphatic heterocycles. The van der Waals surface area contributed by atoms with Crippen LogP contribution in [-0.4, -0.2) is 36.1 Å². The van der Waals surface area contributed by atoms with Crippen molar-refractivity contribution in [2.75, 3.05) is 26.2 Å². The number of aromatic nitrogens is 1.